The van der Waals surface area contributed by atoms with Crippen molar-refractivity contribution in [3.63, 3.8) is 0 Å². The number of benzene rings is 1. The zero-order valence-electron chi connectivity index (χ0n) is 13.7. The molecule has 2 aromatic rings. The normalized spacial score (nSPS) is 12.0. The van der Waals surface area contributed by atoms with Gasteiger partial charge in [0.25, 0.3) is 11.5 Å². The Kier molecular flexibility index (Phi) is 6.52. The largest absolute Gasteiger partial charge is 0.383 e. The van der Waals surface area contributed by atoms with Crippen molar-refractivity contribution in [2.24, 2.45) is 0 Å². The number of nitrogens with one attached hydrogen (secondary N) is 1. The maximum Gasteiger partial charge on any atom is 0.271 e. The minimum Gasteiger partial charge on any atom is -0.383 e. The van der Waals surface area contributed by atoms with E-state index in [1.54, 1.807) is 0 Å². The maximum atomic E-state index is 12.3. The lowest BCUT2D eigenvalue weighted by Crippen LogP contribution is -2.36. The first-order chi connectivity index (χ1) is 11.5. The summed E-state index contributed by atoms with van der Waals surface area (Å²) >= 11 is 6.13. The molecule has 0 fully saturated rings. The van der Waals surface area contributed by atoms with E-state index in [1.165, 1.54) is 23.9 Å². The Hall–Kier alpha value is -2.18. The average molecular weight is 350 g/mol. The summed E-state index contributed by atoms with van der Waals surface area (Å²) in [4.78, 5) is 24.0. The van der Waals surface area contributed by atoms with Gasteiger partial charge in [-0.05, 0) is 31.0 Å². The van der Waals surface area contributed by atoms with Crippen LogP contribution < -0.4 is 10.9 Å². The molecule has 0 aliphatic rings. The predicted molar refractivity (Wildman–Crippen MR) is 92.5 cm³/mol. The summed E-state index contributed by atoms with van der Waals surface area (Å²) < 4.78 is 6.15. The molecule has 0 aliphatic heterocycles. The second kappa shape index (κ2) is 8.61. The molecule has 1 aromatic carbocycles. The second-order valence-electron chi connectivity index (χ2n) is 5.44. The number of aromatic nitrogens is 2. The molecule has 6 nitrogen and oxygen atoms in total. The van der Waals surface area contributed by atoms with Gasteiger partial charge in [0.05, 0.1) is 13.2 Å². The molecule has 24 heavy (non-hydrogen) atoms. The lowest BCUT2D eigenvalue weighted by Gasteiger charge is -2.15. The van der Waals surface area contributed by atoms with Crippen molar-refractivity contribution in [1.82, 2.24) is 15.1 Å². The third-order valence-electron chi connectivity index (χ3n) is 3.47. The molecule has 7 heteroatoms. The Bertz CT molecular complexity index is 761. The van der Waals surface area contributed by atoms with Gasteiger partial charge in [0.1, 0.15) is 5.69 Å². The zero-order chi connectivity index (χ0) is 17.5. The van der Waals surface area contributed by atoms with Crippen LogP contribution in [0.2, 0.25) is 5.02 Å². The second-order valence-corrected chi connectivity index (χ2v) is 5.85. The fraction of sp³-hybridized carbons (Fsp3) is 0.353. The van der Waals surface area contributed by atoms with E-state index < -0.39 is 0 Å². The number of hydrogen-bond acceptors (Lipinski definition) is 4. The fourth-order valence-electron chi connectivity index (χ4n) is 2.25. The number of halogens is 1. The van der Waals surface area contributed by atoms with Crippen LogP contribution in [0.3, 0.4) is 0 Å². The monoisotopic (exact) mass is 349 g/mol. The Morgan fingerprint density at radius 2 is 2.08 bits per heavy atom. The highest BCUT2D eigenvalue weighted by Crippen LogP contribution is 2.16. The van der Waals surface area contributed by atoms with Crippen molar-refractivity contribution in [2.75, 3.05) is 13.7 Å². The Labute approximate surface area is 145 Å². The van der Waals surface area contributed by atoms with Crippen molar-refractivity contribution in [2.45, 2.75) is 25.9 Å². The zero-order valence-corrected chi connectivity index (χ0v) is 14.4. The Morgan fingerprint density at radius 3 is 2.79 bits per heavy atom. The first-order valence-electron chi connectivity index (χ1n) is 7.62. The van der Waals surface area contributed by atoms with Crippen LogP contribution in [-0.2, 0) is 17.7 Å². The SMILES string of the molecule is COCCn1nc(C(=O)N[C@@H](C)Cc2ccccc2Cl)ccc1=O. The molecule has 0 unspecified atom stereocenters. The van der Waals surface area contributed by atoms with Gasteiger partial charge in [0.15, 0.2) is 0 Å². The first kappa shape index (κ1) is 18.2. The van der Waals surface area contributed by atoms with Crippen LogP contribution in [0.4, 0.5) is 0 Å². The topological polar surface area (TPSA) is 73.2 Å². The van der Waals surface area contributed by atoms with E-state index in [-0.39, 0.29) is 23.2 Å². The molecule has 1 N–H and O–H groups in total. The maximum absolute atomic E-state index is 12.3. The molecular formula is C17H20ClN3O3. The van der Waals surface area contributed by atoms with Gasteiger partial charge in [0.2, 0.25) is 0 Å². The van der Waals surface area contributed by atoms with Crippen LogP contribution in [0.15, 0.2) is 41.2 Å². The lowest BCUT2D eigenvalue weighted by atomic mass is 10.1. The number of amides is 1. The van der Waals surface area contributed by atoms with Gasteiger partial charge in [-0.3, -0.25) is 9.59 Å². The Balaban J connectivity index is 2.03. The summed E-state index contributed by atoms with van der Waals surface area (Å²) in [6, 6.07) is 10.1. The van der Waals surface area contributed by atoms with Gasteiger partial charge in [-0.15, -0.1) is 0 Å². The number of methoxy groups -OCH3 is 1. The molecular weight excluding hydrogens is 330 g/mol. The van der Waals surface area contributed by atoms with Gasteiger partial charge >= 0.3 is 0 Å². The highest BCUT2D eigenvalue weighted by molar-refractivity contribution is 6.31. The van der Waals surface area contributed by atoms with Gasteiger partial charge in [-0.2, -0.15) is 5.10 Å². The number of carbonyl (C=O) groups is 1. The lowest BCUT2D eigenvalue weighted by molar-refractivity contribution is 0.0931. The number of hydrogen-bond donors (Lipinski definition) is 1. The predicted octanol–water partition coefficient (Wildman–Crippen LogP) is 1.90. The summed E-state index contributed by atoms with van der Waals surface area (Å²) in [6.45, 7) is 2.54. The number of carbonyl (C=O) groups excluding carboxylic acids is 1. The van der Waals surface area contributed by atoms with Crippen LogP contribution in [0, 0.1) is 0 Å². The van der Waals surface area contributed by atoms with Gasteiger partial charge in [-0.1, -0.05) is 29.8 Å². The average Bonchev–Trinajstić information content (AvgIpc) is 2.56. The molecule has 0 saturated carbocycles. The number of ether oxygens (including phenoxy) is 1. The molecule has 0 bridgehead atoms. The van der Waals surface area contributed by atoms with E-state index in [9.17, 15) is 9.59 Å². The van der Waals surface area contributed by atoms with Crippen LogP contribution in [0.5, 0.6) is 0 Å². The van der Waals surface area contributed by atoms with Crippen molar-refractivity contribution < 1.29 is 9.53 Å². The van der Waals surface area contributed by atoms with Crippen LogP contribution in [0.1, 0.15) is 23.0 Å². The summed E-state index contributed by atoms with van der Waals surface area (Å²) in [5.41, 5.74) is 0.884. The van der Waals surface area contributed by atoms with Crippen molar-refractivity contribution in [1.29, 1.82) is 0 Å². The summed E-state index contributed by atoms with van der Waals surface area (Å²) in [6.07, 6.45) is 0.606. The van der Waals surface area contributed by atoms with E-state index in [0.717, 1.165) is 5.56 Å². The highest BCUT2D eigenvalue weighted by Gasteiger charge is 2.14. The molecule has 0 aliphatic carbocycles. The minimum absolute atomic E-state index is 0.126. The van der Waals surface area contributed by atoms with Crippen molar-refractivity contribution >= 4 is 17.5 Å². The van der Waals surface area contributed by atoms with Crippen LogP contribution in [-0.4, -0.2) is 35.4 Å². The summed E-state index contributed by atoms with van der Waals surface area (Å²) in [5, 5.41) is 7.61. The highest BCUT2D eigenvalue weighted by atomic mass is 35.5. The third-order valence-corrected chi connectivity index (χ3v) is 3.84. The van der Waals surface area contributed by atoms with E-state index >= 15 is 0 Å². The third kappa shape index (κ3) is 4.91. The quantitative estimate of drug-likeness (QED) is 0.828. The van der Waals surface area contributed by atoms with Crippen molar-refractivity contribution in [3.8, 4) is 0 Å². The van der Waals surface area contributed by atoms with E-state index in [4.69, 9.17) is 16.3 Å². The number of nitrogens with zero attached hydrogens (tertiary/aromatic N) is 2. The fourth-order valence-corrected chi connectivity index (χ4v) is 2.46. The minimum atomic E-state index is -0.333. The molecule has 2 rings (SSSR count). The van der Waals surface area contributed by atoms with E-state index in [0.29, 0.717) is 24.6 Å². The summed E-state index contributed by atoms with van der Waals surface area (Å²) in [7, 11) is 1.54. The molecule has 0 spiro atoms. The molecule has 1 amide bonds. The molecule has 1 atom stereocenters. The molecule has 1 aromatic heterocycles. The molecule has 0 radical (unpaired) electrons. The first-order valence-corrected chi connectivity index (χ1v) is 8.00. The molecule has 1 heterocycles. The van der Waals surface area contributed by atoms with Crippen LogP contribution in [0.25, 0.3) is 0 Å². The van der Waals surface area contributed by atoms with Gasteiger partial charge in [0, 0.05) is 24.2 Å². The standard InChI is InChI=1S/C17H20ClN3O3/c1-12(11-13-5-3-4-6-14(13)18)19-17(23)15-7-8-16(22)21(20-15)9-10-24-2/h3-8,12H,9-11H2,1-2H3,(H,19,23)/t12-/m0/s1. The molecule has 128 valence electrons. The number of rotatable bonds is 7. The molecule has 0 saturated heterocycles. The van der Waals surface area contributed by atoms with Crippen molar-refractivity contribution in [3.05, 3.63) is 63.0 Å². The van der Waals surface area contributed by atoms with Gasteiger partial charge < -0.3 is 10.1 Å². The summed E-state index contributed by atoms with van der Waals surface area (Å²) in [5.74, 6) is -0.333. The Morgan fingerprint density at radius 1 is 1.33 bits per heavy atom. The van der Waals surface area contributed by atoms with E-state index in [1.807, 2.05) is 31.2 Å². The van der Waals surface area contributed by atoms with E-state index in [2.05, 4.69) is 10.4 Å². The van der Waals surface area contributed by atoms with Crippen LogP contribution >= 0.6 is 11.6 Å². The smallest absolute Gasteiger partial charge is 0.271 e. The van der Waals surface area contributed by atoms with Gasteiger partial charge in [-0.25, -0.2) is 4.68 Å².